The van der Waals surface area contributed by atoms with E-state index in [4.69, 9.17) is 10.8 Å². The number of carboxylic acid groups (broad SMARTS) is 3. The first kappa shape index (κ1) is 28.1. The molecule has 2 heterocycles. The molecule has 204 valence electrons. The number of nitrogens with two attached hydrogens (primary N) is 1. The number of aromatic amines is 1. The fraction of sp³-hybridized carbons (Fsp3) is 0.417. The number of nitrogens with one attached hydrogen (secondary N) is 3. The van der Waals surface area contributed by atoms with Crippen molar-refractivity contribution in [1.82, 2.24) is 20.5 Å². The summed E-state index contributed by atoms with van der Waals surface area (Å²) in [6, 6.07) is 1.87. The summed E-state index contributed by atoms with van der Waals surface area (Å²) in [6.45, 7) is 0.0565. The molecular weight excluding hydrogens is 502 g/mol. The minimum atomic E-state index is -1.71. The lowest BCUT2D eigenvalue weighted by atomic mass is 10.0. The third-order valence-corrected chi connectivity index (χ3v) is 6.28. The zero-order chi connectivity index (χ0) is 28.0. The van der Waals surface area contributed by atoms with E-state index in [9.17, 15) is 39.0 Å². The number of fused-ring (bicyclic) bond motifs is 1. The van der Waals surface area contributed by atoms with Crippen LogP contribution in [0.3, 0.4) is 0 Å². The summed E-state index contributed by atoms with van der Waals surface area (Å²) in [7, 11) is 0. The van der Waals surface area contributed by atoms with Crippen LogP contribution in [0.5, 0.6) is 0 Å². The zero-order valence-corrected chi connectivity index (χ0v) is 20.3. The number of carbonyl (C=O) groups excluding carboxylic acids is 3. The summed E-state index contributed by atoms with van der Waals surface area (Å²) in [4.78, 5) is 76.7. The van der Waals surface area contributed by atoms with Crippen LogP contribution in [-0.4, -0.2) is 91.5 Å². The van der Waals surface area contributed by atoms with Crippen LogP contribution in [-0.2, 0) is 35.2 Å². The number of carboxylic acids is 3. The Morgan fingerprint density at radius 1 is 1.00 bits per heavy atom. The number of H-pyrrole nitrogens is 1. The molecular formula is C24H29N5O9. The van der Waals surface area contributed by atoms with E-state index in [-0.39, 0.29) is 19.4 Å². The van der Waals surface area contributed by atoms with Crippen LogP contribution in [0, 0.1) is 0 Å². The third kappa shape index (κ3) is 6.85. The van der Waals surface area contributed by atoms with Gasteiger partial charge in [0, 0.05) is 23.6 Å². The maximum Gasteiger partial charge on any atom is 0.326 e. The maximum atomic E-state index is 13.3. The SMILES string of the molecule is NC(Cc1c[nH]c2ccccc12)C(=O)NC(CC(=O)O)C(=O)N1CCCC1C(=O)NC(CC(=O)O)C(=O)O. The summed E-state index contributed by atoms with van der Waals surface area (Å²) < 4.78 is 0. The van der Waals surface area contributed by atoms with E-state index in [2.05, 4.69) is 15.6 Å². The number of rotatable bonds is 12. The van der Waals surface area contributed by atoms with Crippen molar-refractivity contribution in [1.29, 1.82) is 0 Å². The molecule has 14 nitrogen and oxygen atoms in total. The highest BCUT2D eigenvalue weighted by Gasteiger charge is 2.40. The standard InChI is InChI=1S/C24H29N5O9/c25-14(8-12-11-26-15-5-2-1-4-13(12)15)21(34)27-16(9-19(30)31)23(36)29-7-3-6-18(29)22(35)28-17(24(37)38)10-20(32)33/h1-2,4-5,11,14,16-18,26H,3,6-10,25H2,(H,27,34)(H,28,35)(H,30,31)(H,32,33)(H,37,38). The van der Waals surface area contributed by atoms with E-state index < -0.39 is 72.6 Å². The van der Waals surface area contributed by atoms with Crippen LogP contribution in [0.1, 0.15) is 31.2 Å². The lowest BCUT2D eigenvalue weighted by Crippen LogP contribution is -2.57. The van der Waals surface area contributed by atoms with Crippen LogP contribution < -0.4 is 16.4 Å². The second-order valence-electron chi connectivity index (χ2n) is 9.02. The van der Waals surface area contributed by atoms with Crippen LogP contribution >= 0.6 is 0 Å². The molecule has 3 rings (SSSR count). The van der Waals surface area contributed by atoms with Gasteiger partial charge >= 0.3 is 17.9 Å². The van der Waals surface area contributed by atoms with Crippen molar-refractivity contribution >= 4 is 46.5 Å². The number of hydrogen-bond donors (Lipinski definition) is 7. The van der Waals surface area contributed by atoms with E-state index in [1.165, 1.54) is 0 Å². The number of para-hydroxylation sites is 1. The molecule has 1 saturated heterocycles. The Morgan fingerprint density at radius 2 is 1.66 bits per heavy atom. The summed E-state index contributed by atoms with van der Waals surface area (Å²) in [5.74, 6) is -6.87. The van der Waals surface area contributed by atoms with E-state index >= 15 is 0 Å². The number of likely N-dealkylation sites (tertiary alicyclic amines) is 1. The Kier molecular flexibility index (Phi) is 9.02. The molecule has 1 fully saturated rings. The van der Waals surface area contributed by atoms with Gasteiger partial charge in [-0.1, -0.05) is 18.2 Å². The molecule has 14 heteroatoms. The van der Waals surface area contributed by atoms with Crippen molar-refractivity contribution in [3.05, 3.63) is 36.0 Å². The Morgan fingerprint density at radius 3 is 2.32 bits per heavy atom. The number of benzene rings is 1. The summed E-state index contributed by atoms with van der Waals surface area (Å²) >= 11 is 0. The number of carbonyl (C=O) groups is 6. The van der Waals surface area contributed by atoms with Gasteiger partial charge in [0.1, 0.15) is 18.1 Å². The van der Waals surface area contributed by atoms with Gasteiger partial charge in [-0.3, -0.25) is 24.0 Å². The highest BCUT2D eigenvalue weighted by atomic mass is 16.4. The lowest BCUT2D eigenvalue weighted by Gasteiger charge is -2.29. The number of aliphatic carboxylic acids is 3. The average molecular weight is 532 g/mol. The van der Waals surface area contributed by atoms with Gasteiger partial charge in [-0.05, 0) is 30.9 Å². The molecule has 2 aromatic rings. The van der Waals surface area contributed by atoms with E-state index in [0.29, 0.717) is 6.42 Å². The molecule has 0 radical (unpaired) electrons. The fourth-order valence-electron chi connectivity index (χ4n) is 4.43. The minimum Gasteiger partial charge on any atom is -0.481 e. The molecule has 1 aliphatic heterocycles. The molecule has 38 heavy (non-hydrogen) atoms. The summed E-state index contributed by atoms with van der Waals surface area (Å²) in [5.41, 5.74) is 7.67. The fourth-order valence-corrected chi connectivity index (χ4v) is 4.43. The molecule has 1 aromatic carbocycles. The quantitative estimate of drug-likeness (QED) is 0.177. The topological polar surface area (TPSA) is 232 Å². The number of aromatic nitrogens is 1. The second-order valence-corrected chi connectivity index (χ2v) is 9.02. The van der Waals surface area contributed by atoms with Gasteiger partial charge in [0.05, 0.1) is 18.9 Å². The first-order valence-electron chi connectivity index (χ1n) is 11.9. The van der Waals surface area contributed by atoms with Gasteiger partial charge in [0.2, 0.25) is 17.7 Å². The molecule has 4 atom stereocenters. The zero-order valence-electron chi connectivity index (χ0n) is 20.3. The number of nitrogens with zero attached hydrogens (tertiary/aromatic N) is 1. The molecule has 1 aliphatic rings. The highest BCUT2D eigenvalue weighted by molar-refractivity contribution is 5.96. The normalized spacial score (nSPS) is 17.4. The first-order chi connectivity index (χ1) is 18.0. The number of amides is 3. The average Bonchev–Trinajstić information content (AvgIpc) is 3.50. The molecule has 0 spiro atoms. The summed E-state index contributed by atoms with van der Waals surface area (Å²) in [6.07, 6.45) is 0.678. The highest BCUT2D eigenvalue weighted by Crippen LogP contribution is 2.21. The Balaban J connectivity index is 1.70. The van der Waals surface area contributed by atoms with Gasteiger partial charge in [-0.2, -0.15) is 0 Å². The molecule has 0 aliphatic carbocycles. The van der Waals surface area contributed by atoms with Gasteiger partial charge in [-0.25, -0.2) is 4.79 Å². The lowest BCUT2D eigenvalue weighted by molar-refractivity contribution is -0.149. The maximum absolute atomic E-state index is 13.3. The van der Waals surface area contributed by atoms with Crippen molar-refractivity contribution in [2.75, 3.05) is 6.54 Å². The molecule has 8 N–H and O–H groups in total. The van der Waals surface area contributed by atoms with Crippen molar-refractivity contribution < 1.29 is 44.1 Å². The second kappa shape index (κ2) is 12.2. The molecule has 0 saturated carbocycles. The predicted molar refractivity (Wildman–Crippen MR) is 131 cm³/mol. The molecule has 4 unspecified atom stereocenters. The van der Waals surface area contributed by atoms with Crippen LogP contribution in [0.15, 0.2) is 30.5 Å². The smallest absolute Gasteiger partial charge is 0.326 e. The largest absolute Gasteiger partial charge is 0.481 e. The van der Waals surface area contributed by atoms with Gasteiger partial charge in [-0.15, -0.1) is 0 Å². The van der Waals surface area contributed by atoms with Crippen LogP contribution in [0.25, 0.3) is 10.9 Å². The van der Waals surface area contributed by atoms with E-state index in [1.807, 2.05) is 24.3 Å². The summed E-state index contributed by atoms with van der Waals surface area (Å²) in [5, 5.41) is 32.8. The molecule has 0 bridgehead atoms. The van der Waals surface area contributed by atoms with Crippen molar-refractivity contribution in [2.45, 2.75) is 56.3 Å². The Labute approximate surface area is 216 Å². The van der Waals surface area contributed by atoms with Crippen molar-refractivity contribution in [3.8, 4) is 0 Å². The van der Waals surface area contributed by atoms with E-state index in [1.54, 1.807) is 6.20 Å². The molecule has 1 aromatic heterocycles. The van der Waals surface area contributed by atoms with Gasteiger partial charge in [0.25, 0.3) is 0 Å². The Bertz CT molecular complexity index is 1240. The van der Waals surface area contributed by atoms with Gasteiger partial charge < -0.3 is 41.6 Å². The Hall–Kier alpha value is -4.46. The van der Waals surface area contributed by atoms with Crippen LogP contribution in [0.2, 0.25) is 0 Å². The first-order valence-corrected chi connectivity index (χ1v) is 11.9. The van der Waals surface area contributed by atoms with Gasteiger partial charge in [0.15, 0.2) is 0 Å². The van der Waals surface area contributed by atoms with E-state index in [0.717, 1.165) is 21.4 Å². The molecule has 3 amide bonds. The third-order valence-electron chi connectivity index (χ3n) is 6.28. The predicted octanol–water partition coefficient (Wildman–Crippen LogP) is -0.968. The van der Waals surface area contributed by atoms with Crippen LogP contribution in [0.4, 0.5) is 0 Å². The monoisotopic (exact) mass is 531 g/mol. The number of hydrogen-bond acceptors (Lipinski definition) is 7. The minimum absolute atomic E-state index is 0.0565. The van der Waals surface area contributed by atoms with Crippen molar-refractivity contribution in [2.24, 2.45) is 5.73 Å². The van der Waals surface area contributed by atoms with Crippen molar-refractivity contribution in [3.63, 3.8) is 0 Å².